The molecule has 0 fully saturated rings. The van der Waals surface area contributed by atoms with E-state index in [1.807, 2.05) is 6.07 Å². The Morgan fingerprint density at radius 2 is 1.56 bits per heavy atom. The van der Waals surface area contributed by atoms with Crippen molar-refractivity contribution in [1.29, 1.82) is 0 Å². The molecular weight excluding hydrogens is 264 g/mol. The monoisotopic (exact) mass is 272 g/mol. The molecule has 0 nitrogen and oxygen atoms in total. The predicted molar refractivity (Wildman–Crippen MR) is 62.0 cm³/mol. The zero-order valence-electron chi connectivity index (χ0n) is 9.04. The van der Waals surface area contributed by atoms with Crippen molar-refractivity contribution in [3.05, 3.63) is 59.9 Å². The summed E-state index contributed by atoms with van der Waals surface area (Å²) in [6.07, 6.45) is -4.52. The van der Waals surface area contributed by atoms with E-state index < -0.39 is 17.6 Å². The van der Waals surface area contributed by atoms with Crippen LogP contribution >= 0.6 is 11.8 Å². The van der Waals surface area contributed by atoms with Gasteiger partial charge in [0, 0.05) is 9.79 Å². The van der Waals surface area contributed by atoms with Crippen LogP contribution in [-0.2, 0) is 6.18 Å². The first-order chi connectivity index (χ1) is 8.47. The lowest BCUT2D eigenvalue weighted by Gasteiger charge is -2.08. The minimum absolute atomic E-state index is 0.175. The highest BCUT2D eigenvalue weighted by molar-refractivity contribution is 7.99. The number of benzene rings is 2. The summed E-state index contributed by atoms with van der Waals surface area (Å²) < 4.78 is 50.6. The van der Waals surface area contributed by atoms with Gasteiger partial charge in [-0.1, -0.05) is 30.0 Å². The fraction of sp³-hybridized carbons (Fsp3) is 0.0769. The van der Waals surface area contributed by atoms with Crippen LogP contribution in [0.5, 0.6) is 0 Å². The fourth-order valence-corrected chi connectivity index (χ4v) is 2.22. The van der Waals surface area contributed by atoms with Gasteiger partial charge >= 0.3 is 6.18 Å². The molecule has 0 aromatic heterocycles. The third-order valence-corrected chi connectivity index (χ3v) is 3.29. The lowest BCUT2D eigenvalue weighted by Crippen LogP contribution is -2.05. The van der Waals surface area contributed by atoms with E-state index in [0.717, 1.165) is 28.8 Å². The zero-order chi connectivity index (χ0) is 13.2. The average Bonchev–Trinajstić information content (AvgIpc) is 2.32. The molecule has 0 aliphatic heterocycles. The van der Waals surface area contributed by atoms with Crippen LogP contribution in [0.2, 0.25) is 0 Å². The lowest BCUT2D eigenvalue weighted by molar-refractivity contribution is -0.137. The minimum atomic E-state index is -4.52. The van der Waals surface area contributed by atoms with Crippen LogP contribution in [0.15, 0.2) is 58.3 Å². The number of hydrogen-bond donors (Lipinski definition) is 0. The van der Waals surface area contributed by atoms with E-state index in [1.54, 1.807) is 24.3 Å². The normalized spacial score (nSPS) is 11.6. The van der Waals surface area contributed by atoms with Crippen molar-refractivity contribution in [2.75, 3.05) is 0 Å². The highest BCUT2D eigenvalue weighted by Crippen LogP contribution is 2.34. The first kappa shape index (κ1) is 13.0. The molecule has 0 N–H and O–H groups in total. The molecule has 0 saturated carbocycles. The molecule has 0 aliphatic rings. The van der Waals surface area contributed by atoms with Crippen molar-refractivity contribution in [2.45, 2.75) is 16.0 Å². The number of hydrogen-bond acceptors (Lipinski definition) is 1. The summed E-state index contributed by atoms with van der Waals surface area (Å²) in [6.45, 7) is 0. The van der Waals surface area contributed by atoms with Crippen LogP contribution in [0, 0.1) is 5.82 Å². The molecule has 0 saturated heterocycles. The second-order valence-electron chi connectivity index (χ2n) is 3.56. The van der Waals surface area contributed by atoms with Gasteiger partial charge < -0.3 is 0 Å². The second kappa shape index (κ2) is 5.02. The van der Waals surface area contributed by atoms with Gasteiger partial charge in [-0.2, -0.15) is 13.2 Å². The van der Waals surface area contributed by atoms with Crippen molar-refractivity contribution in [3.63, 3.8) is 0 Å². The van der Waals surface area contributed by atoms with Gasteiger partial charge in [0.1, 0.15) is 5.82 Å². The molecule has 0 heterocycles. The summed E-state index contributed by atoms with van der Waals surface area (Å²) >= 11 is 1.09. The van der Waals surface area contributed by atoms with E-state index in [2.05, 4.69) is 0 Å². The Kier molecular flexibility index (Phi) is 3.61. The van der Waals surface area contributed by atoms with Gasteiger partial charge in [-0.25, -0.2) is 4.39 Å². The maximum absolute atomic E-state index is 13.5. The molecule has 94 valence electrons. The van der Waals surface area contributed by atoms with Crippen molar-refractivity contribution in [2.24, 2.45) is 0 Å². The highest BCUT2D eigenvalue weighted by atomic mass is 32.2. The van der Waals surface area contributed by atoms with Crippen LogP contribution in [0.25, 0.3) is 0 Å². The molecule has 0 amide bonds. The molecule has 0 bridgehead atoms. The van der Waals surface area contributed by atoms with E-state index in [1.165, 1.54) is 0 Å². The van der Waals surface area contributed by atoms with Gasteiger partial charge in [0.15, 0.2) is 0 Å². The fourth-order valence-electron chi connectivity index (χ4n) is 1.38. The van der Waals surface area contributed by atoms with Gasteiger partial charge in [0.25, 0.3) is 0 Å². The first-order valence-corrected chi connectivity index (χ1v) is 5.88. The summed E-state index contributed by atoms with van der Waals surface area (Å²) in [5, 5.41) is 0. The molecule has 0 unspecified atom stereocenters. The van der Waals surface area contributed by atoms with Crippen molar-refractivity contribution < 1.29 is 17.6 Å². The number of alkyl halides is 3. The average molecular weight is 272 g/mol. The van der Waals surface area contributed by atoms with E-state index >= 15 is 0 Å². The third-order valence-electron chi connectivity index (χ3n) is 2.23. The Morgan fingerprint density at radius 1 is 0.889 bits per heavy atom. The Hall–Kier alpha value is -1.49. The topological polar surface area (TPSA) is 0 Å². The van der Waals surface area contributed by atoms with Gasteiger partial charge in [-0.3, -0.25) is 0 Å². The van der Waals surface area contributed by atoms with Crippen molar-refractivity contribution in [3.8, 4) is 0 Å². The van der Waals surface area contributed by atoms with Crippen molar-refractivity contribution >= 4 is 11.8 Å². The quantitative estimate of drug-likeness (QED) is 0.693. The molecule has 0 atom stereocenters. The van der Waals surface area contributed by atoms with E-state index in [9.17, 15) is 17.6 Å². The van der Waals surface area contributed by atoms with Gasteiger partial charge in [-0.05, 0) is 30.3 Å². The summed E-state index contributed by atoms with van der Waals surface area (Å²) in [6, 6.07) is 11.5. The van der Waals surface area contributed by atoms with Gasteiger partial charge in [0.05, 0.1) is 5.56 Å². The third kappa shape index (κ3) is 3.04. The smallest absolute Gasteiger partial charge is 0.206 e. The maximum Gasteiger partial charge on any atom is 0.416 e. The Balaban J connectivity index is 2.26. The summed E-state index contributed by atoms with van der Waals surface area (Å²) in [5.41, 5.74) is -0.975. The van der Waals surface area contributed by atoms with Gasteiger partial charge in [0.2, 0.25) is 0 Å². The van der Waals surface area contributed by atoms with Crippen LogP contribution in [0.3, 0.4) is 0 Å². The molecule has 2 aromatic rings. The Bertz CT molecular complexity index is 534. The minimum Gasteiger partial charge on any atom is -0.206 e. The van der Waals surface area contributed by atoms with Gasteiger partial charge in [-0.15, -0.1) is 0 Å². The number of halogens is 4. The Morgan fingerprint density at radius 3 is 2.11 bits per heavy atom. The molecule has 2 aromatic carbocycles. The largest absolute Gasteiger partial charge is 0.416 e. The summed E-state index contributed by atoms with van der Waals surface area (Å²) in [5.74, 6) is -0.862. The lowest BCUT2D eigenvalue weighted by atomic mass is 10.2. The first-order valence-electron chi connectivity index (χ1n) is 5.06. The van der Waals surface area contributed by atoms with Crippen LogP contribution < -0.4 is 0 Å². The zero-order valence-corrected chi connectivity index (χ0v) is 9.86. The molecule has 0 spiro atoms. The molecule has 2 rings (SSSR count). The molecule has 0 aliphatic carbocycles. The van der Waals surface area contributed by atoms with Crippen LogP contribution in [0.1, 0.15) is 5.56 Å². The summed E-state index contributed by atoms with van der Waals surface area (Å²) in [4.78, 5) is 0.949. The molecule has 0 radical (unpaired) electrons. The molecule has 5 heteroatoms. The van der Waals surface area contributed by atoms with E-state index in [-0.39, 0.29) is 4.90 Å². The van der Waals surface area contributed by atoms with Crippen LogP contribution in [-0.4, -0.2) is 0 Å². The highest BCUT2D eigenvalue weighted by Gasteiger charge is 2.31. The number of rotatable bonds is 2. The van der Waals surface area contributed by atoms with E-state index in [4.69, 9.17) is 0 Å². The second-order valence-corrected chi connectivity index (χ2v) is 4.67. The molecular formula is C13H8F4S. The SMILES string of the molecule is Fc1cc(C(F)(F)F)ccc1Sc1ccccc1. The maximum atomic E-state index is 13.5. The Labute approximate surface area is 106 Å². The van der Waals surface area contributed by atoms with Crippen LogP contribution in [0.4, 0.5) is 17.6 Å². The van der Waals surface area contributed by atoms with Crippen molar-refractivity contribution in [1.82, 2.24) is 0 Å². The summed E-state index contributed by atoms with van der Waals surface area (Å²) in [7, 11) is 0. The molecule has 18 heavy (non-hydrogen) atoms. The predicted octanol–water partition coefficient (Wildman–Crippen LogP) is 5.00. The van der Waals surface area contributed by atoms with E-state index in [0.29, 0.717) is 6.07 Å². The standard InChI is InChI=1S/C13H8F4S/c14-11-8-9(13(15,16)17)6-7-12(11)18-10-4-2-1-3-5-10/h1-8H.